The van der Waals surface area contributed by atoms with Gasteiger partial charge in [-0.05, 0) is 38.3 Å². The van der Waals surface area contributed by atoms with Crippen LogP contribution in [0.15, 0.2) is 12.1 Å². The molecular formula is C20H38O8Si2. The smallest absolute Gasteiger partial charge is 0.217 e. The highest BCUT2D eigenvalue weighted by molar-refractivity contribution is 6.86. The summed E-state index contributed by atoms with van der Waals surface area (Å²) in [5.41, 5.74) is 0. The maximum absolute atomic E-state index is 10.8. The number of hydrogen-bond donors (Lipinski definition) is 2. The summed E-state index contributed by atoms with van der Waals surface area (Å²) in [5.74, 6) is 1.13. The molecule has 0 aromatic heterocycles. The minimum absolute atomic E-state index is 0.335. The van der Waals surface area contributed by atoms with Gasteiger partial charge in [0.05, 0.1) is 39.6 Å². The number of rotatable bonds is 16. The predicted molar refractivity (Wildman–Crippen MR) is 121 cm³/mol. The number of methoxy groups -OCH3 is 2. The number of ether oxygens (including phenoxy) is 6. The lowest BCUT2D eigenvalue weighted by molar-refractivity contribution is 0.0541. The third-order valence-electron chi connectivity index (χ3n) is 4.23. The van der Waals surface area contributed by atoms with Crippen LogP contribution in [0.4, 0.5) is 0 Å². The van der Waals surface area contributed by atoms with Crippen molar-refractivity contribution < 1.29 is 38.0 Å². The molecule has 30 heavy (non-hydrogen) atoms. The van der Waals surface area contributed by atoms with E-state index in [2.05, 4.69) is 0 Å². The van der Waals surface area contributed by atoms with Crippen LogP contribution < -0.4 is 19.8 Å². The lowest BCUT2D eigenvalue weighted by atomic mass is 10.3. The third kappa shape index (κ3) is 9.88. The maximum atomic E-state index is 10.8. The molecule has 0 amide bonds. The summed E-state index contributed by atoms with van der Waals surface area (Å²) in [5, 5.41) is 1.44. The summed E-state index contributed by atoms with van der Waals surface area (Å²) in [6.45, 7) is 10.8. The van der Waals surface area contributed by atoms with Crippen LogP contribution in [0.2, 0.25) is 26.2 Å². The SMILES string of the molecule is COCCOCCOc1cc([Si](C)(C)O)c(OCCOCCOC)cc1[Si](C)(C)O. The first-order chi connectivity index (χ1) is 14.1. The third-order valence-corrected chi connectivity index (χ3v) is 7.65. The molecule has 0 aliphatic carbocycles. The fraction of sp³-hybridized carbons (Fsp3) is 0.700. The van der Waals surface area contributed by atoms with Crippen LogP contribution in [0.3, 0.4) is 0 Å². The maximum Gasteiger partial charge on any atom is 0.217 e. The first-order valence-corrected chi connectivity index (χ1v) is 16.0. The Morgan fingerprint density at radius 3 is 1.23 bits per heavy atom. The van der Waals surface area contributed by atoms with Crippen molar-refractivity contribution in [2.75, 3.05) is 67.1 Å². The van der Waals surface area contributed by atoms with E-state index in [-0.39, 0.29) is 0 Å². The molecule has 0 atom stereocenters. The van der Waals surface area contributed by atoms with Gasteiger partial charge in [0.25, 0.3) is 0 Å². The van der Waals surface area contributed by atoms with Crippen molar-refractivity contribution in [3.8, 4) is 11.5 Å². The Morgan fingerprint density at radius 2 is 0.933 bits per heavy atom. The van der Waals surface area contributed by atoms with Crippen molar-refractivity contribution in [1.29, 1.82) is 0 Å². The second kappa shape index (κ2) is 13.4. The van der Waals surface area contributed by atoms with Crippen molar-refractivity contribution in [3.63, 3.8) is 0 Å². The lowest BCUT2D eigenvalue weighted by Gasteiger charge is -2.26. The summed E-state index contributed by atoms with van der Waals surface area (Å²) < 4.78 is 32.7. The van der Waals surface area contributed by atoms with E-state index in [1.54, 1.807) is 14.2 Å². The molecule has 0 radical (unpaired) electrons. The predicted octanol–water partition coefficient (Wildman–Crippen LogP) is 0.579. The summed E-state index contributed by atoms with van der Waals surface area (Å²) in [6, 6.07) is 3.62. The molecule has 0 spiro atoms. The van der Waals surface area contributed by atoms with Gasteiger partial charge in [-0.15, -0.1) is 0 Å². The number of hydrogen-bond acceptors (Lipinski definition) is 8. The van der Waals surface area contributed by atoms with E-state index in [0.717, 1.165) is 10.4 Å². The Labute approximate surface area is 182 Å². The van der Waals surface area contributed by atoms with Crippen LogP contribution in [0.1, 0.15) is 0 Å². The van der Waals surface area contributed by atoms with E-state index < -0.39 is 16.6 Å². The second-order valence-corrected chi connectivity index (χ2v) is 15.2. The lowest BCUT2D eigenvalue weighted by Crippen LogP contribution is -2.47. The van der Waals surface area contributed by atoms with E-state index >= 15 is 0 Å². The molecule has 8 nitrogen and oxygen atoms in total. The Kier molecular flexibility index (Phi) is 12.1. The molecule has 0 unspecified atom stereocenters. The topological polar surface area (TPSA) is 95.8 Å². The van der Waals surface area contributed by atoms with Crippen LogP contribution in [0.5, 0.6) is 11.5 Å². The molecular weight excluding hydrogens is 424 g/mol. The molecule has 10 heteroatoms. The van der Waals surface area contributed by atoms with Crippen LogP contribution in [0.25, 0.3) is 0 Å². The van der Waals surface area contributed by atoms with Crippen molar-refractivity contribution in [2.45, 2.75) is 26.2 Å². The summed E-state index contributed by atoms with van der Waals surface area (Å²) in [6.07, 6.45) is 0. The zero-order valence-corrected chi connectivity index (χ0v) is 21.2. The van der Waals surface area contributed by atoms with Crippen molar-refractivity contribution in [2.24, 2.45) is 0 Å². The molecule has 0 saturated heterocycles. The largest absolute Gasteiger partial charge is 0.491 e. The van der Waals surface area contributed by atoms with Gasteiger partial charge in [0.2, 0.25) is 16.6 Å². The minimum Gasteiger partial charge on any atom is -0.491 e. The fourth-order valence-electron chi connectivity index (χ4n) is 2.66. The van der Waals surface area contributed by atoms with Crippen molar-refractivity contribution in [1.82, 2.24) is 0 Å². The minimum atomic E-state index is -2.72. The average Bonchev–Trinajstić information content (AvgIpc) is 2.66. The van der Waals surface area contributed by atoms with E-state index in [1.165, 1.54) is 0 Å². The molecule has 0 fully saturated rings. The van der Waals surface area contributed by atoms with Gasteiger partial charge >= 0.3 is 0 Å². The monoisotopic (exact) mass is 462 g/mol. The zero-order valence-electron chi connectivity index (χ0n) is 19.2. The van der Waals surface area contributed by atoms with E-state index in [9.17, 15) is 9.59 Å². The quantitative estimate of drug-likeness (QED) is 0.272. The second-order valence-electron chi connectivity index (χ2n) is 7.87. The first kappa shape index (κ1) is 27.0. The number of benzene rings is 1. The van der Waals surface area contributed by atoms with Gasteiger partial charge in [0.15, 0.2) is 0 Å². The Bertz CT molecular complexity index is 560. The van der Waals surface area contributed by atoms with Crippen LogP contribution in [0, 0.1) is 0 Å². The molecule has 0 saturated carbocycles. The van der Waals surface area contributed by atoms with Gasteiger partial charge in [-0.1, -0.05) is 0 Å². The molecule has 1 rings (SSSR count). The van der Waals surface area contributed by atoms with Crippen LogP contribution in [-0.4, -0.2) is 93.3 Å². The highest BCUT2D eigenvalue weighted by Gasteiger charge is 2.32. The van der Waals surface area contributed by atoms with Crippen LogP contribution >= 0.6 is 0 Å². The summed E-state index contributed by atoms with van der Waals surface area (Å²) >= 11 is 0. The van der Waals surface area contributed by atoms with E-state index in [1.807, 2.05) is 38.3 Å². The normalized spacial score (nSPS) is 12.3. The van der Waals surface area contributed by atoms with Crippen LogP contribution in [-0.2, 0) is 18.9 Å². The van der Waals surface area contributed by atoms with Gasteiger partial charge in [0.1, 0.15) is 24.7 Å². The van der Waals surface area contributed by atoms with Crippen molar-refractivity contribution >= 4 is 27.0 Å². The Hall–Kier alpha value is -0.986. The molecule has 0 aliphatic rings. The van der Waals surface area contributed by atoms with E-state index in [0.29, 0.717) is 64.4 Å². The highest BCUT2D eigenvalue weighted by Crippen LogP contribution is 2.21. The molecule has 2 N–H and O–H groups in total. The average molecular weight is 463 g/mol. The summed E-state index contributed by atoms with van der Waals surface area (Å²) in [4.78, 5) is 21.6. The molecule has 1 aromatic rings. The molecule has 0 aliphatic heterocycles. The van der Waals surface area contributed by atoms with Gasteiger partial charge in [-0.3, -0.25) is 0 Å². The van der Waals surface area contributed by atoms with Gasteiger partial charge in [-0.25, -0.2) is 0 Å². The zero-order chi connectivity index (χ0) is 22.6. The molecule has 174 valence electrons. The standard InChI is InChI=1S/C20H38O8Si2/c1-23-7-9-25-11-13-27-17-15-20(30(5,6)22)18(16-19(17)29(3,4)21)28-14-12-26-10-8-24-2/h15-16,21-22H,7-14H2,1-6H3. The van der Waals surface area contributed by atoms with Crippen molar-refractivity contribution in [3.05, 3.63) is 12.1 Å². The fourth-order valence-corrected chi connectivity index (χ4v) is 5.13. The highest BCUT2D eigenvalue weighted by atomic mass is 28.4. The molecule has 0 heterocycles. The Morgan fingerprint density at radius 1 is 0.600 bits per heavy atom. The molecule has 0 bridgehead atoms. The Balaban J connectivity index is 2.96. The van der Waals surface area contributed by atoms with Gasteiger partial charge in [0, 0.05) is 24.6 Å². The van der Waals surface area contributed by atoms with Gasteiger partial charge in [-0.2, -0.15) is 0 Å². The van der Waals surface area contributed by atoms with Gasteiger partial charge < -0.3 is 38.0 Å². The molecule has 1 aromatic carbocycles. The van der Waals surface area contributed by atoms with E-state index in [4.69, 9.17) is 28.4 Å². The summed E-state index contributed by atoms with van der Waals surface area (Å²) in [7, 11) is -2.19. The first-order valence-electron chi connectivity index (χ1n) is 10.1.